The van der Waals surface area contributed by atoms with Crippen LogP contribution in [0.5, 0.6) is 5.88 Å². The highest BCUT2D eigenvalue weighted by molar-refractivity contribution is 5.31. The standard InChI is InChI=1S/C14H25N3O/c1-8-17-10(2)12(13(16-17)18-7)9-15-11(3)14(4,5)6/h15H,3,8-9H2,1-2,4-7H3. The van der Waals surface area contributed by atoms with Gasteiger partial charge >= 0.3 is 0 Å². The van der Waals surface area contributed by atoms with Crippen molar-refractivity contribution in [1.82, 2.24) is 15.1 Å². The van der Waals surface area contributed by atoms with Crippen molar-refractivity contribution >= 4 is 0 Å². The van der Waals surface area contributed by atoms with Gasteiger partial charge in [0.25, 0.3) is 0 Å². The predicted octanol–water partition coefficient (Wildman–Crippen LogP) is 2.87. The van der Waals surface area contributed by atoms with E-state index in [0.717, 1.165) is 23.5 Å². The van der Waals surface area contributed by atoms with E-state index in [0.29, 0.717) is 12.4 Å². The summed E-state index contributed by atoms with van der Waals surface area (Å²) in [6.07, 6.45) is 0. The largest absolute Gasteiger partial charge is 0.480 e. The van der Waals surface area contributed by atoms with Crippen LogP contribution in [0.2, 0.25) is 0 Å². The van der Waals surface area contributed by atoms with Crippen molar-refractivity contribution in [1.29, 1.82) is 0 Å². The van der Waals surface area contributed by atoms with Gasteiger partial charge in [0.1, 0.15) is 0 Å². The van der Waals surface area contributed by atoms with Crippen molar-refractivity contribution in [3.05, 3.63) is 23.5 Å². The smallest absolute Gasteiger partial charge is 0.237 e. The molecule has 1 aromatic heterocycles. The van der Waals surface area contributed by atoms with Crippen molar-refractivity contribution in [2.45, 2.75) is 47.7 Å². The van der Waals surface area contributed by atoms with E-state index in [4.69, 9.17) is 4.74 Å². The van der Waals surface area contributed by atoms with Crippen molar-refractivity contribution in [3.8, 4) is 5.88 Å². The van der Waals surface area contributed by atoms with Crippen LogP contribution in [0.4, 0.5) is 0 Å². The highest BCUT2D eigenvalue weighted by atomic mass is 16.5. The topological polar surface area (TPSA) is 39.1 Å². The second-order valence-electron chi connectivity index (χ2n) is 5.47. The van der Waals surface area contributed by atoms with Gasteiger partial charge in [0.2, 0.25) is 5.88 Å². The Balaban J connectivity index is 2.85. The first-order chi connectivity index (χ1) is 8.31. The second kappa shape index (κ2) is 5.46. The molecule has 0 aliphatic carbocycles. The summed E-state index contributed by atoms with van der Waals surface area (Å²) in [5.74, 6) is 0.698. The lowest BCUT2D eigenvalue weighted by atomic mass is 9.93. The van der Waals surface area contributed by atoms with Gasteiger partial charge in [-0.25, -0.2) is 0 Å². The van der Waals surface area contributed by atoms with Gasteiger partial charge in [-0.2, -0.15) is 0 Å². The Morgan fingerprint density at radius 1 is 1.44 bits per heavy atom. The van der Waals surface area contributed by atoms with Crippen LogP contribution < -0.4 is 10.1 Å². The van der Waals surface area contributed by atoms with Crippen LogP contribution >= 0.6 is 0 Å². The van der Waals surface area contributed by atoms with Crippen LogP contribution in [-0.4, -0.2) is 16.9 Å². The molecule has 1 rings (SSSR count). The van der Waals surface area contributed by atoms with Crippen LogP contribution in [0.25, 0.3) is 0 Å². The molecule has 0 amide bonds. The summed E-state index contributed by atoms with van der Waals surface area (Å²) in [6.45, 7) is 16.2. The van der Waals surface area contributed by atoms with E-state index in [2.05, 4.69) is 51.6 Å². The monoisotopic (exact) mass is 251 g/mol. The SMILES string of the molecule is C=C(NCc1c(OC)nn(CC)c1C)C(C)(C)C. The number of methoxy groups -OCH3 is 1. The molecule has 0 atom stereocenters. The molecular weight excluding hydrogens is 226 g/mol. The van der Waals surface area contributed by atoms with Crippen molar-refractivity contribution < 1.29 is 4.74 Å². The molecule has 0 fully saturated rings. The molecule has 0 saturated heterocycles. The lowest BCUT2D eigenvalue weighted by molar-refractivity contribution is 0.383. The van der Waals surface area contributed by atoms with Crippen molar-refractivity contribution in [3.63, 3.8) is 0 Å². The van der Waals surface area contributed by atoms with Gasteiger partial charge in [0.05, 0.1) is 12.7 Å². The number of ether oxygens (including phenoxy) is 1. The fourth-order valence-corrected chi connectivity index (χ4v) is 1.69. The van der Waals surface area contributed by atoms with Gasteiger partial charge in [-0.15, -0.1) is 5.10 Å². The fourth-order valence-electron chi connectivity index (χ4n) is 1.69. The molecular formula is C14H25N3O. The first-order valence-corrected chi connectivity index (χ1v) is 6.34. The highest BCUT2D eigenvalue weighted by Crippen LogP contribution is 2.24. The van der Waals surface area contributed by atoms with E-state index in [-0.39, 0.29) is 5.41 Å². The Morgan fingerprint density at radius 3 is 2.50 bits per heavy atom. The third-order valence-electron chi connectivity index (χ3n) is 3.17. The van der Waals surface area contributed by atoms with E-state index in [9.17, 15) is 0 Å². The van der Waals surface area contributed by atoms with Crippen LogP contribution in [-0.2, 0) is 13.1 Å². The number of hydrogen-bond acceptors (Lipinski definition) is 3. The van der Waals surface area contributed by atoms with E-state index in [1.807, 2.05) is 4.68 Å². The molecule has 0 radical (unpaired) electrons. The molecule has 0 aliphatic rings. The Bertz CT molecular complexity index is 427. The minimum atomic E-state index is 0.0574. The molecule has 0 bridgehead atoms. The summed E-state index contributed by atoms with van der Waals surface area (Å²) < 4.78 is 7.28. The normalized spacial score (nSPS) is 11.4. The van der Waals surface area contributed by atoms with Gasteiger partial charge in [0.15, 0.2) is 0 Å². The fraction of sp³-hybridized carbons (Fsp3) is 0.643. The van der Waals surface area contributed by atoms with Gasteiger partial charge in [0, 0.05) is 29.9 Å². The van der Waals surface area contributed by atoms with Gasteiger partial charge < -0.3 is 10.1 Å². The van der Waals surface area contributed by atoms with E-state index in [1.54, 1.807) is 7.11 Å². The molecule has 4 nitrogen and oxygen atoms in total. The molecule has 1 aromatic rings. The minimum absolute atomic E-state index is 0.0574. The quantitative estimate of drug-likeness (QED) is 0.874. The molecule has 0 saturated carbocycles. The molecule has 0 spiro atoms. The Labute approximate surface area is 110 Å². The predicted molar refractivity (Wildman–Crippen MR) is 74.6 cm³/mol. The summed E-state index contributed by atoms with van der Waals surface area (Å²) in [4.78, 5) is 0. The molecule has 4 heteroatoms. The lowest BCUT2D eigenvalue weighted by Crippen LogP contribution is -2.23. The lowest BCUT2D eigenvalue weighted by Gasteiger charge is -2.23. The molecule has 1 N–H and O–H groups in total. The third-order valence-corrected chi connectivity index (χ3v) is 3.17. The average Bonchev–Trinajstić information content (AvgIpc) is 2.61. The number of rotatable bonds is 5. The number of aryl methyl sites for hydroxylation is 1. The first-order valence-electron chi connectivity index (χ1n) is 6.34. The van der Waals surface area contributed by atoms with Crippen LogP contribution in [0.1, 0.15) is 39.0 Å². The molecule has 102 valence electrons. The number of aromatic nitrogens is 2. The zero-order chi connectivity index (χ0) is 13.9. The Morgan fingerprint density at radius 2 is 2.06 bits per heavy atom. The van der Waals surface area contributed by atoms with Gasteiger partial charge in [-0.1, -0.05) is 27.4 Å². The van der Waals surface area contributed by atoms with Crippen molar-refractivity contribution in [2.24, 2.45) is 5.41 Å². The Kier molecular flexibility index (Phi) is 4.43. The number of allylic oxidation sites excluding steroid dienone is 1. The summed E-state index contributed by atoms with van der Waals surface area (Å²) in [7, 11) is 1.66. The molecule has 1 heterocycles. The zero-order valence-corrected chi connectivity index (χ0v) is 12.4. The van der Waals surface area contributed by atoms with Gasteiger partial charge in [-0.05, 0) is 13.8 Å². The second-order valence-corrected chi connectivity index (χ2v) is 5.47. The van der Waals surface area contributed by atoms with Crippen molar-refractivity contribution in [2.75, 3.05) is 7.11 Å². The van der Waals surface area contributed by atoms with Crippen LogP contribution in [0, 0.1) is 12.3 Å². The summed E-state index contributed by atoms with van der Waals surface area (Å²) in [6, 6.07) is 0. The summed E-state index contributed by atoms with van der Waals surface area (Å²) >= 11 is 0. The highest BCUT2D eigenvalue weighted by Gasteiger charge is 2.18. The Hall–Kier alpha value is -1.45. The third kappa shape index (κ3) is 3.06. The van der Waals surface area contributed by atoms with E-state index >= 15 is 0 Å². The molecule has 0 unspecified atom stereocenters. The summed E-state index contributed by atoms with van der Waals surface area (Å²) in [5.41, 5.74) is 3.32. The minimum Gasteiger partial charge on any atom is -0.480 e. The zero-order valence-electron chi connectivity index (χ0n) is 12.4. The van der Waals surface area contributed by atoms with E-state index < -0.39 is 0 Å². The molecule has 0 aromatic carbocycles. The maximum Gasteiger partial charge on any atom is 0.237 e. The molecule has 0 aliphatic heterocycles. The summed E-state index contributed by atoms with van der Waals surface area (Å²) in [5, 5.41) is 7.78. The van der Waals surface area contributed by atoms with E-state index in [1.165, 1.54) is 0 Å². The molecule has 18 heavy (non-hydrogen) atoms. The maximum absolute atomic E-state index is 5.32. The number of nitrogens with zero attached hydrogens (tertiary/aromatic N) is 2. The van der Waals surface area contributed by atoms with Gasteiger partial charge in [-0.3, -0.25) is 4.68 Å². The number of hydrogen-bond donors (Lipinski definition) is 1. The maximum atomic E-state index is 5.32. The van der Waals surface area contributed by atoms with Crippen LogP contribution in [0.15, 0.2) is 12.3 Å². The average molecular weight is 251 g/mol. The number of nitrogens with one attached hydrogen (secondary N) is 1. The first kappa shape index (κ1) is 14.6. The van der Waals surface area contributed by atoms with Crippen LogP contribution in [0.3, 0.4) is 0 Å².